The maximum atomic E-state index is 9.85. The van der Waals surface area contributed by atoms with Crippen LogP contribution in [0.15, 0.2) is 42.2 Å². The van der Waals surface area contributed by atoms with E-state index in [0.717, 1.165) is 17.7 Å². The van der Waals surface area contributed by atoms with Gasteiger partial charge in [0.25, 0.3) is 0 Å². The van der Waals surface area contributed by atoms with Gasteiger partial charge in [-0.25, -0.2) is 0 Å². The van der Waals surface area contributed by atoms with Crippen LogP contribution in [0.25, 0.3) is 0 Å². The van der Waals surface area contributed by atoms with E-state index in [9.17, 15) is 10.2 Å². The number of ether oxygens (including phenoxy) is 1. The first-order chi connectivity index (χ1) is 12.1. The Bertz CT molecular complexity index is 702. The van der Waals surface area contributed by atoms with Gasteiger partial charge in [-0.1, -0.05) is 13.8 Å². The summed E-state index contributed by atoms with van der Waals surface area (Å²) in [5, 5.41) is 19.7. The van der Waals surface area contributed by atoms with Crippen LogP contribution in [0.1, 0.15) is 25.0 Å². The summed E-state index contributed by atoms with van der Waals surface area (Å²) >= 11 is 18.7. The highest BCUT2D eigenvalue weighted by Gasteiger charge is 2.26. The molecule has 1 aliphatic rings. The van der Waals surface area contributed by atoms with E-state index in [4.69, 9.17) is 16.3 Å². The van der Waals surface area contributed by atoms with Gasteiger partial charge in [-0.2, -0.15) is 0 Å². The lowest BCUT2D eigenvalue weighted by Crippen LogP contribution is -2.19. The standard InChI is InChI=1S/C15H12Br4O2.C3H5ClO/c1-15(2,7-3-9(16)13(20)10(17)4-7)8-5-11(18)14(21)12(19)6-8;4-1-3-2-5-3/h3-6,20-21H,1-2H3;3H,1-2H2/t;3-/m.0/s1. The molecule has 8 heteroatoms. The summed E-state index contributed by atoms with van der Waals surface area (Å²) < 4.78 is 7.27. The van der Waals surface area contributed by atoms with Crippen molar-refractivity contribution in [3.05, 3.63) is 53.3 Å². The molecule has 26 heavy (non-hydrogen) atoms. The highest BCUT2D eigenvalue weighted by atomic mass is 79.9. The van der Waals surface area contributed by atoms with Crippen molar-refractivity contribution >= 4 is 75.3 Å². The Labute approximate surface area is 191 Å². The molecule has 0 spiro atoms. The Kier molecular flexibility index (Phi) is 7.91. The van der Waals surface area contributed by atoms with Gasteiger partial charge in [0.05, 0.1) is 36.5 Å². The second-order valence-electron chi connectivity index (χ2n) is 6.31. The number of aromatic hydroxyl groups is 2. The van der Waals surface area contributed by atoms with Crippen molar-refractivity contribution in [1.29, 1.82) is 0 Å². The largest absolute Gasteiger partial charge is 0.506 e. The molecule has 142 valence electrons. The number of epoxide rings is 1. The molecular formula is C18H17Br4ClO3. The highest BCUT2D eigenvalue weighted by Crippen LogP contribution is 2.43. The van der Waals surface area contributed by atoms with Gasteiger partial charge in [0.1, 0.15) is 11.5 Å². The molecular weight excluding hydrogens is 619 g/mol. The maximum absolute atomic E-state index is 9.85. The van der Waals surface area contributed by atoms with E-state index in [1.54, 1.807) is 0 Å². The van der Waals surface area contributed by atoms with Gasteiger partial charge < -0.3 is 14.9 Å². The van der Waals surface area contributed by atoms with E-state index < -0.39 is 0 Å². The van der Waals surface area contributed by atoms with Gasteiger partial charge in [0.2, 0.25) is 0 Å². The zero-order chi connectivity index (χ0) is 19.6. The first kappa shape index (κ1) is 22.5. The predicted octanol–water partition coefficient (Wildman–Crippen LogP) is 7.10. The van der Waals surface area contributed by atoms with E-state index in [1.165, 1.54) is 0 Å². The Morgan fingerprint density at radius 1 is 0.923 bits per heavy atom. The van der Waals surface area contributed by atoms with Crippen LogP contribution in [0.4, 0.5) is 0 Å². The van der Waals surface area contributed by atoms with Gasteiger partial charge in [0.15, 0.2) is 0 Å². The second kappa shape index (κ2) is 9.14. The Morgan fingerprint density at radius 2 is 1.23 bits per heavy atom. The van der Waals surface area contributed by atoms with E-state index in [-0.39, 0.29) is 16.9 Å². The molecule has 1 heterocycles. The molecule has 0 radical (unpaired) electrons. The molecule has 3 rings (SSSR count). The average molecular weight is 636 g/mol. The van der Waals surface area contributed by atoms with Crippen LogP contribution in [0.2, 0.25) is 0 Å². The lowest BCUT2D eigenvalue weighted by Gasteiger charge is -2.27. The molecule has 0 saturated carbocycles. The first-order valence-electron chi connectivity index (χ1n) is 7.62. The van der Waals surface area contributed by atoms with Crippen molar-refractivity contribution in [3.63, 3.8) is 0 Å². The van der Waals surface area contributed by atoms with Crippen LogP contribution < -0.4 is 0 Å². The van der Waals surface area contributed by atoms with Gasteiger partial charge in [-0.15, -0.1) is 11.6 Å². The number of rotatable bonds is 3. The number of hydrogen-bond acceptors (Lipinski definition) is 3. The van der Waals surface area contributed by atoms with Crippen molar-refractivity contribution in [2.45, 2.75) is 25.4 Å². The number of benzene rings is 2. The molecule has 0 aliphatic carbocycles. The molecule has 1 fully saturated rings. The van der Waals surface area contributed by atoms with Crippen molar-refractivity contribution in [2.24, 2.45) is 0 Å². The molecule has 2 N–H and O–H groups in total. The van der Waals surface area contributed by atoms with Crippen LogP contribution >= 0.6 is 75.3 Å². The van der Waals surface area contributed by atoms with Crippen molar-refractivity contribution in [3.8, 4) is 11.5 Å². The quantitative estimate of drug-likeness (QED) is 0.280. The molecule has 1 saturated heterocycles. The summed E-state index contributed by atoms with van der Waals surface area (Å²) in [7, 11) is 0. The van der Waals surface area contributed by atoms with Crippen molar-refractivity contribution < 1.29 is 14.9 Å². The smallest absolute Gasteiger partial charge is 0.143 e. The van der Waals surface area contributed by atoms with Crippen LogP contribution in [-0.4, -0.2) is 28.8 Å². The van der Waals surface area contributed by atoms with E-state index in [0.29, 0.717) is 29.9 Å². The molecule has 1 atom stereocenters. The van der Waals surface area contributed by atoms with Gasteiger partial charge >= 0.3 is 0 Å². The summed E-state index contributed by atoms with van der Waals surface area (Å²) in [5.74, 6) is 1.03. The minimum Gasteiger partial charge on any atom is -0.506 e. The van der Waals surface area contributed by atoms with Crippen LogP contribution in [-0.2, 0) is 10.2 Å². The number of phenols is 2. The third-order valence-corrected chi connectivity index (χ3v) is 6.81. The number of phenolic OH excluding ortho intramolecular Hbond substituents is 2. The lowest BCUT2D eigenvalue weighted by atomic mass is 9.78. The molecule has 1 aliphatic heterocycles. The number of hydrogen-bond donors (Lipinski definition) is 2. The van der Waals surface area contributed by atoms with Crippen molar-refractivity contribution in [1.82, 2.24) is 0 Å². The van der Waals surface area contributed by atoms with Crippen LogP contribution in [0, 0.1) is 0 Å². The summed E-state index contributed by atoms with van der Waals surface area (Å²) in [5.41, 5.74) is 1.75. The fourth-order valence-corrected chi connectivity index (χ4v) is 4.73. The summed E-state index contributed by atoms with van der Waals surface area (Å²) in [6.45, 7) is 5.05. The fourth-order valence-electron chi connectivity index (χ4n) is 2.18. The third kappa shape index (κ3) is 5.39. The summed E-state index contributed by atoms with van der Waals surface area (Å²) in [6, 6.07) is 7.59. The van der Waals surface area contributed by atoms with Crippen molar-refractivity contribution in [2.75, 3.05) is 12.5 Å². The summed E-state index contributed by atoms with van der Waals surface area (Å²) in [6.07, 6.45) is 0.400. The third-order valence-electron chi connectivity index (χ3n) is 4.05. The predicted molar refractivity (Wildman–Crippen MR) is 120 cm³/mol. The minimum absolute atomic E-state index is 0.183. The molecule has 0 aromatic heterocycles. The SMILES string of the molecule is CC(C)(c1cc(Br)c(O)c(Br)c1)c1cc(Br)c(O)c(Br)c1.ClC[C@H]1CO1. The molecule has 2 aromatic carbocycles. The topological polar surface area (TPSA) is 53.0 Å². The van der Waals surface area contributed by atoms with E-state index in [1.807, 2.05) is 24.3 Å². The zero-order valence-electron chi connectivity index (χ0n) is 14.0. The molecule has 2 aromatic rings. The molecule has 0 unspecified atom stereocenters. The fraction of sp³-hybridized carbons (Fsp3) is 0.333. The second-order valence-corrected chi connectivity index (χ2v) is 10.0. The molecule has 3 nitrogen and oxygen atoms in total. The normalized spacial score (nSPS) is 16.0. The molecule has 0 amide bonds. The average Bonchev–Trinajstić information content (AvgIpc) is 3.41. The Morgan fingerprint density at radius 3 is 1.42 bits per heavy atom. The van der Waals surface area contributed by atoms with Gasteiger partial charge in [-0.05, 0) is 99.1 Å². The van der Waals surface area contributed by atoms with Crippen LogP contribution in [0.5, 0.6) is 11.5 Å². The number of alkyl halides is 1. The van der Waals surface area contributed by atoms with E-state index in [2.05, 4.69) is 77.6 Å². The summed E-state index contributed by atoms with van der Waals surface area (Å²) in [4.78, 5) is 0. The lowest BCUT2D eigenvalue weighted by molar-refractivity contribution is 0.425. The van der Waals surface area contributed by atoms with Gasteiger partial charge in [-0.3, -0.25) is 0 Å². The highest BCUT2D eigenvalue weighted by molar-refractivity contribution is 9.11. The molecule has 0 bridgehead atoms. The maximum Gasteiger partial charge on any atom is 0.143 e. The Hall–Kier alpha value is 0.210. The monoisotopic (exact) mass is 632 g/mol. The minimum atomic E-state index is -0.308. The number of halogens is 5. The van der Waals surface area contributed by atoms with E-state index >= 15 is 0 Å². The first-order valence-corrected chi connectivity index (χ1v) is 11.3. The Balaban J connectivity index is 0.000000417. The van der Waals surface area contributed by atoms with Crippen LogP contribution in [0.3, 0.4) is 0 Å². The van der Waals surface area contributed by atoms with Gasteiger partial charge in [0, 0.05) is 5.41 Å². The zero-order valence-corrected chi connectivity index (χ0v) is 21.1.